The maximum atomic E-state index is 12.2. The first-order chi connectivity index (χ1) is 10.1. The van der Waals surface area contributed by atoms with Crippen LogP contribution in [0.15, 0.2) is 4.52 Å². The van der Waals surface area contributed by atoms with E-state index < -0.39 is 0 Å². The van der Waals surface area contributed by atoms with Gasteiger partial charge in [-0.3, -0.25) is 9.69 Å². The number of aliphatic hydroxyl groups is 1. The van der Waals surface area contributed by atoms with Gasteiger partial charge in [0.2, 0.25) is 11.8 Å². The topological polar surface area (TPSA) is 82.7 Å². The van der Waals surface area contributed by atoms with Gasteiger partial charge in [-0.1, -0.05) is 5.16 Å². The van der Waals surface area contributed by atoms with Crippen molar-refractivity contribution in [1.82, 2.24) is 19.9 Å². The average Bonchev–Trinajstić information content (AvgIpc) is 3.20. The van der Waals surface area contributed by atoms with Gasteiger partial charge >= 0.3 is 0 Å². The second kappa shape index (κ2) is 6.11. The third kappa shape index (κ3) is 3.79. The highest BCUT2D eigenvalue weighted by Crippen LogP contribution is 2.38. The van der Waals surface area contributed by atoms with E-state index >= 15 is 0 Å². The van der Waals surface area contributed by atoms with Crippen molar-refractivity contribution in [3.63, 3.8) is 0 Å². The van der Waals surface area contributed by atoms with Crippen LogP contribution in [0.5, 0.6) is 0 Å². The molecule has 0 atom stereocenters. The Morgan fingerprint density at radius 1 is 1.38 bits per heavy atom. The lowest BCUT2D eigenvalue weighted by atomic mass is 10.1. The van der Waals surface area contributed by atoms with Gasteiger partial charge < -0.3 is 14.5 Å². The molecule has 21 heavy (non-hydrogen) atoms. The summed E-state index contributed by atoms with van der Waals surface area (Å²) in [5.74, 6) is 1.94. The van der Waals surface area contributed by atoms with Crippen LogP contribution in [-0.2, 0) is 11.3 Å². The Balaban J connectivity index is 1.46. The Labute approximate surface area is 123 Å². The molecule has 0 radical (unpaired) electrons. The lowest BCUT2D eigenvalue weighted by Crippen LogP contribution is -2.44. The molecule has 1 aromatic heterocycles. The number of carbonyl (C=O) groups is 1. The second-order valence-electron chi connectivity index (χ2n) is 6.10. The van der Waals surface area contributed by atoms with Crippen molar-refractivity contribution in [1.29, 1.82) is 0 Å². The number of likely N-dealkylation sites (N-methyl/N-ethyl adjacent to an activating group) is 1. The highest BCUT2D eigenvalue weighted by molar-refractivity contribution is 5.78. The van der Waals surface area contributed by atoms with Crippen molar-refractivity contribution in [3.05, 3.63) is 11.7 Å². The molecule has 3 rings (SSSR count). The molecule has 1 N–H and O–H groups in total. The van der Waals surface area contributed by atoms with E-state index in [0.717, 1.165) is 18.7 Å². The smallest absolute Gasteiger partial charge is 0.240 e. The van der Waals surface area contributed by atoms with Crippen LogP contribution >= 0.6 is 0 Å². The molecular formula is C14H22N4O3. The summed E-state index contributed by atoms with van der Waals surface area (Å²) in [5.41, 5.74) is 0. The van der Waals surface area contributed by atoms with Gasteiger partial charge in [0, 0.05) is 19.0 Å². The zero-order valence-corrected chi connectivity index (χ0v) is 12.4. The molecule has 2 fully saturated rings. The quantitative estimate of drug-likeness (QED) is 0.844. The number of aromatic nitrogens is 2. The van der Waals surface area contributed by atoms with E-state index in [2.05, 4.69) is 10.1 Å². The first-order valence-corrected chi connectivity index (χ1v) is 7.58. The number of hydrogen-bond acceptors (Lipinski definition) is 6. The zero-order chi connectivity index (χ0) is 14.8. The highest BCUT2D eigenvalue weighted by Gasteiger charge is 2.29. The van der Waals surface area contributed by atoms with Gasteiger partial charge in [0.1, 0.15) is 0 Å². The van der Waals surface area contributed by atoms with E-state index in [1.165, 1.54) is 0 Å². The first-order valence-electron chi connectivity index (χ1n) is 7.58. The molecule has 1 aliphatic carbocycles. The van der Waals surface area contributed by atoms with Crippen LogP contribution in [0.25, 0.3) is 0 Å². The Morgan fingerprint density at radius 2 is 2.10 bits per heavy atom. The number of rotatable bonds is 5. The number of likely N-dealkylation sites (tertiary alicyclic amines) is 1. The van der Waals surface area contributed by atoms with Gasteiger partial charge in [0.25, 0.3) is 0 Å². The molecule has 7 heteroatoms. The summed E-state index contributed by atoms with van der Waals surface area (Å²) >= 11 is 0. The van der Waals surface area contributed by atoms with Crippen LogP contribution in [0.2, 0.25) is 0 Å². The molecular weight excluding hydrogens is 272 g/mol. The van der Waals surface area contributed by atoms with Gasteiger partial charge in [-0.2, -0.15) is 4.98 Å². The van der Waals surface area contributed by atoms with E-state index in [1.54, 1.807) is 0 Å². The fourth-order valence-corrected chi connectivity index (χ4v) is 2.57. The van der Waals surface area contributed by atoms with Crippen LogP contribution < -0.4 is 0 Å². The minimum Gasteiger partial charge on any atom is -0.393 e. The fraction of sp³-hybridized carbons (Fsp3) is 0.786. The highest BCUT2D eigenvalue weighted by atomic mass is 16.5. The van der Waals surface area contributed by atoms with Crippen molar-refractivity contribution in [3.8, 4) is 0 Å². The van der Waals surface area contributed by atoms with E-state index in [4.69, 9.17) is 4.52 Å². The van der Waals surface area contributed by atoms with E-state index in [9.17, 15) is 9.90 Å². The van der Waals surface area contributed by atoms with Crippen LogP contribution in [0.1, 0.15) is 43.3 Å². The van der Waals surface area contributed by atoms with Crippen LogP contribution in [-0.4, -0.2) is 63.7 Å². The standard InChI is InChI=1S/C14H22N4O3/c1-17(8-12-15-14(16-21-12)10-2-3-10)9-13(20)18-6-4-11(19)5-7-18/h10-11,19H,2-9H2,1H3. The summed E-state index contributed by atoms with van der Waals surface area (Å²) in [7, 11) is 1.87. The molecule has 1 amide bonds. The van der Waals surface area contributed by atoms with Crippen molar-refractivity contribution in [2.75, 3.05) is 26.7 Å². The van der Waals surface area contributed by atoms with E-state index in [-0.39, 0.29) is 12.0 Å². The molecule has 0 unspecified atom stereocenters. The number of aliphatic hydroxyl groups excluding tert-OH is 1. The Bertz CT molecular complexity index is 492. The summed E-state index contributed by atoms with van der Waals surface area (Å²) < 4.78 is 5.22. The minimum absolute atomic E-state index is 0.0892. The number of piperidine rings is 1. The van der Waals surface area contributed by atoms with Crippen molar-refractivity contribution >= 4 is 5.91 Å². The third-order valence-electron chi connectivity index (χ3n) is 4.05. The van der Waals surface area contributed by atoms with Crippen LogP contribution in [0, 0.1) is 0 Å². The SMILES string of the molecule is CN(CC(=O)N1CCC(O)CC1)Cc1nc(C2CC2)no1. The summed E-state index contributed by atoms with van der Waals surface area (Å²) in [6.07, 6.45) is 3.38. The van der Waals surface area contributed by atoms with E-state index in [0.29, 0.717) is 50.8 Å². The average molecular weight is 294 g/mol. The van der Waals surface area contributed by atoms with Gasteiger partial charge in [-0.15, -0.1) is 0 Å². The van der Waals surface area contributed by atoms with Gasteiger partial charge in [0.15, 0.2) is 5.82 Å². The molecule has 0 spiro atoms. The Hall–Kier alpha value is -1.47. The van der Waals surface area contributed by atoms with E-state index in [1.807, 2.05) is 16.8 Å². The summed E-state index contributed by atoms with van der Waals surface area (Å²) in [4.78, 5) is 20.2. The second-order valence-corrected chi connectivity index (χ2v) is 6.10. The Kier molecular flexibility index (Phi) is 4.21. The molecule has 2 aliphatic rings. The normalized spacial score (nSPS) is 20.2. The summed E-state index contributed by atoms with van der Waals surface area (Å²) in [6, 6.07) is 0. The fourth-order valence-electron chi connectivity index (χ4n) is 2.57. The molecule has 1 aromatic rings. The lowest BCUT2D eigenvalue weighted by Gasteiger charge is -2.30. The van der Waals surface area contributed by atoms with Crippen LogP contribution in [0.3, 0.4) is 0 Å². The van der Waals surface area contributed by atoms with Crippen molar-refractivity contribution in [2.24, 2.45) is 0 Å². The van der Waals surface area contributed by atoms with Gasteiger partial charge in [0.05, 0.1) is 19.2 Å². The predicted octanol–water partition coefficient (Wildman–Crippen LogP) is 0.362. The predicted molar refractivity (Wildman–Crippen MR) is 74.4 cm³/mol. The summed E-state index contributed by atoms with van der Waals surface area (Å²) in [6.45, 7) is 2.10. The number of nitrogens with zero attached hydrogens (tertiary/aromatic N) is 4. The zero-order valence-electron chi connectivity index (χ0n) is 12.4. The van der Waals surface area contributed by atoms with Gasteiger partial charge in [-0.05, 0) is 32.7 Å². The third-order valence-corrected chi connectivity index (χ3v) is 4.05. The number of carbonyl (C=O) groups excluding carboxylic acids is 1. The lowest BCUT2D eigenvalue weighted by molar-refractivity contribution is -0.134. The molecule has 2 heterocycles. The molecule has 1 saturated carbocycles. The molecule has 116 valence electrons. The molecule has 0 aromatic carbocycles. The largest absolute Gasteiger partial charge is 0.393 e. The molecule has 7 nitrogen and oxygen atoms in total. The Morgan fingerprint density at radius 3 is 2.76 bits per heavy atom. The van der Waals surface area contributed by atoms with Gasteiger partial charge in [-0.25, -0.2) is 0 Å². The van der Waals surface area contributed by atoms with Crippen LogP contribution in [0.4, 0.5) is 0 Å². The maximum Gasteiger partial charge on any atom is 0.240 e. The van der Waals surface area contributed by atoms with Crippen molar-refractivity contribution in [2.45, 2.75) is 44.2 Å². The number of amides is 1. The first kappa shape index (κ1) is 14.5. The van der Waals surface area contributed by atoms with Crippen molar-refractivity contribution < 1.29 is 14.4 Å². The monoisotopic (exact) mass is 294 g/mol. The maximum absolute atomic E-state index is 12.2. The summed E-state index contributed by atoms with van der Waals surface area (Å²) in [5, 5.41) is 13.4. The molecule has 1 aliphatic heterocycles. The molecule has 0 bridgehead atoms. The number of hydrogen-bond donors (Lipinski definition) is 1. The molecule has 1 saturated heterocycles. The minimum atomic E-state index is -0.258.